The van der Waals surface area contributed by atoms with Crippen molar-refractivity contribution in [2.45, 2.75) is 49.3 Å². The Labute approximate surface area is 133 Å². The molecule has 1 aromatic rings. The van der Waals surface area contributed by atoms with Crippen LogP contribution in [-0.2, 0) is 10.0 Å². The quantitative estimate of drug-likeness (QED) is 0.825. The number of aryl methyl sites for hydroxylation is 1. The van der Waals surface area contributed by atoms with E-state index in [9.17, 15) is 13.2 Å². The first-order valence-corrected chi connectivity index (χ1v) is 10.2. The van der Waals surface area contributed by atoms with Crippen molar-refractivity contribution >= 4 is 39.1 Å². The molecule has 0 saturated heterocycles. The van der Waals surface area contributed by atoms with Gasteiger partial charge in [0, 0.05) is 16.2 Å². The van der Waals surface area contributed by atoms with Gasteiger partial charge in [0.05, 0.1) is 4.90 Å². The molecule has 8 heteroatoms. The van der Waals surface area contributed by atoms with Crippen LogP contribution in [0.5, 0.6) is 0 Å². The highest BCUT2D eigenvalue weighted by molar-refractivity contribution is 8.00. The maximum Gasteiger partial charge on any atom is 0.345 e. The van der Waals surface area contributed by atoms with E-state index in [2.05, 4.69) is 11.6 Å². The second kappa shape index (κ2) is 6.68. The molecule has 118 valence electrons. The van der Waals surface area contributed by atoms with Crippen LogP contribution in [0.25, 0.3) is 0 Å². The van der Waals surface area contributed by atoms with Crippen molar-refractivity contribution in [3.8, 4) is 0 Å². The lowest BCUT2D eigenvalue weighted by atomic mass is 10.3. The highest BCUT2D eigenvalue weighted by Crippen LogP contribution is 2.32. The normalized spacial score (nSPS) is 22.6. The summed E-state index contributed by atoms with van der Waals surface area (Å²) in [6.45, 7) is 3.70. The molecule has 2 unspecified atom stereocenters. The molecule has 0 radical (unpaired) electrons. The molecule has 0 bridgehead atoms. The van der Waals surface area contributed by atoms with Crippen LogP contribution in [0.1, 0.15) is 40.7 Å². The highest BCUT2D eigenvalue weighted by Gasteiger charge is 2.32. The Balaban J connectivity index is 2.20. The SMILES string of the molecule is CCSC1CCCC1NS(=O)(=O)c1cc(C(=O)O)sc1C. The molecule has 2 N–H and O–H groups in total. The molecule has 1 fully saturated rings. The largest absolute Gasteiger partial charge is 0.477 e. The van der Waals surface area contributed by atoms with E-state index in [1.54, 1.807) is 18.7 Å². The molecule has 0 amide bonds. The van der Waals surface area contributed by atoms with Crippen molar-refractivity contribution in [1.29, 1.82) is 0 Å². The standard InChI is InChI=1S/C13H19NO4S3/c1-3-19-10-6-4-5-9(10)14-21(17,18)12-7-11(13(15)16)20-8(12)2/h7,9-10,14H,3-6H2,1-2H3,(H,15,16). The second-order valence-corrected chi connectivity index (χ2v) is 9.44. The summed E-state index contributed by atoms with van der Waals surface area (Å²) in [5.74, 6) is -0.131. The molecule has 0 spiro atoms. The van der Waals surface area contributed by atoms with Gasteiger partial charge < -0.3 is 5.11 Å². The number of thioether (sulfide) groups is 1. The number of carbonyl (C=O) groups is 1. The minimum atomic E-state index is -3.65. The van der Waals surface area contributed by atoms with Gasteiger partial charge in [-0.1, -0.05) is 13.3 Å². The van der Waals surface area contributed by atoms with E-state index in [-0.39, 0.29) is 15.8 Å². The van der Waals surface area contributed by atoms with E-state index < -0.39 is 16.0 Å². The number of carboxylic acid groups (broad SMARTS) is 1. The molecule has 1 aliphatic rings. The predicted molar refractivity (Wildman–Crippen MR) is 85.9 cm³/mol. The third-order valence-electron chi connectivity index (χ3n) is 3.51. The summed E-state index contributed by atoms with van der Waals surface area (Å²) < 4.78 is 27.7. The maximum atomic E-state index is 12.5. The van der Waals surface area contributed by atoms with Crippen LogP contribution in [0.3, 0.4) is 0 Å². The fraction of sp³-hybridized carbons (Fsp3) is 0.615. The number of rotatable bonds is 6. The molecule has 0 aliphatic heterocycles. The third kappa shape index (κ3) is 3.80. The molecule has 1 aromatic heterocycles. The van der Waals surface area contributed by atoms with Gasteiger partial charge in [-0.25, -0.2) is 17.9 Å². The smallest absolute Gasteiger partial charge is 0.345 e. The van der Waals surface area contributed by atoms with Crippen LogP contribution in [0.15, 0.2) is 11.0 Å². The molecule has 21 heavy (non-hydrogen) atoms. The summed E-state index contributed by atoms with van der Waals surface area (Å²) in [6, 6.07) is 1.19. The Morgan fingerprint density at radius 1 is 1.52 bits per heavy atom. The van der Waals surface area contributed by atoms with E-state index in [4.69, 9.17) is 5.11 Å². The molecule has 1 heterocycles. The van der Waals surface area contributed by atoms with Crippen molar-refractivity contribution < 1.29 is 18.3 Å². The van der Waals surface area contributed by atoms with Crippen LogP contribution >= 0.6 is 23.1 Å². The zero-order valence-corrected chi connectivity index (χ0v) is 14.4. The summed E-state index contributed by atoms with van der Waals surface area (Å²) in [7, 11) is -3.65. The molecule has 2 atom stereocenters. The Bertz CT molecular complexity index is 623. The van der Waals surface area contributed by atoms with Gasteiger partial charge in [0.25, 0.3) is 0 Å². The second-order valence-electron chi connectivity index (χ2n) is 4.99. The van der Waals surface area contributed by atoms with Crippen LogP contribution in [-0.4, -0.2) is 36.5 Å². The molecule has 1 aliphatic carbocycles. The third-order valence-corrected chi connectivity index (χ3v) is 7.62. The lowest BCUT2D eigenvalue weighted by molar-refractivity contribution is 0.0702. The van der Waals surface area contributed by atoms with Crippen molar-refractivity contribution in [1.82, 2.24) is 4.72 Å². The minimum Gasteiger partial charge on any atom is -0.477 e. The number of nitrogens with one attached hydrogen (secondary N) is 1. The summed E-state index contributed by atoms with van der Waals surface area (Å²) >= 11 is 2.77. The Hall–Kier alpha value is -0.570. The summed E-state index contributed by atoms with van der Waals surface area (Å²) in [4.78, 5) is 11.6. The number of hydrogen-bond donors (Lipinski definition) is 2. The number of carboxylic acids is 1. The average molecular weight is 349 g/mol. The average Bonchev–Trinajstić information content (AvgIpc) is 2.97. The van der Waals surface area contributed by atoms with Crippen molar-refractivity contribution in [2.75, 3.05) is 5.75 Å². The summed E-state index contributed by atoms with van der Waals surface area (Å²) in [6.07, 6.45) is 2.88. The monoisotopic (exact) mass is 349 g/mol. The lowest BCUT2D eigenvalue weighted by Crippen LogP contribution is -2.38. The molecular weight excluding hydrogens is 330 g/mol. The number of thiophene rings is 1. The molecule has 0 aromatic carbocycles. The van der Waals surface area contributed by atoms with Gasteiger partial charge in [0.2, 0.25) is 10.0 Å². The highest BCUT2D eigenvalue weighted by atomic mass is 32.2. The van der Waals surface area contributed by atoms with Crippen molar-refractivity contribution in [2.24, 2.45) is 0 Å². The number of aromatic carboxylic acids is 1. The van der Waals surface area contributed by atoms with Gasteiger partial charge in [-0.3, -0.25) is 0 Å². The topological polar surface area (TPSA) is 83.5 Å². The minimum absolute atomic E-state index is 0.0544. The lowest BCUT2D eigenvalue weighted by Gasteiger charge is -2.20. The number of hydrogen-bond acceptors (Lipinski definition) is 5. The summed E-state index contributed by atoms with van der Waals surface area (Å²) in [5.41, 5.74) is 0. The van der Waals surface area contributed by atoms with E-state index in [1.165, 1.54) is 6.07 Å². The van der Waals surface area contributed by atoms with Crippen LogP contribution in [0.4, 0.5) is 0 Å². The molecular formula is C13H19NO4S3. The molecule has 2 rings (SSSR count). The first-order chi connectivity index (χ1) is 9.85. The van der Waals surface area contributed by atoms with E-state index in [1.807, 2.05) is 0 Å². The van der Waals surface area contributed by atoms with Crippen molar-refractivity contribution in [3.63, 3.8) is 0 Å². The predicted octanol–water partition coefficient (Wildman–Crippen LogP) is 2.71. The van der Waals surface area contributed by atoms with Gasteiger partial charge in [0.15, 0.2) is 0 Å². The Morgan fingerprint density at radius 2 is 2.24 bits per heavy atom. The van der Waals surface area contributed by atoms with E-state index in [0.717, 1.165) is 36.4 Å². The Kier molecular flexibility index (Phi) is 5.34. The number of sulfonamides is 1. The molecule has 1 saturated carbocycles. The molecule has 5 nitrogen and oxygen atoms in total. The maximum absolute atomic E-state index is 12.5. The Morgan fingerprint density at radius 3 is 2.81 bits per heavy atom. The van der Waals surface area contributed by atoms with E-state index in [0.29, 0.717) is 10.1 Å². The van der Waals surface area contributed by atoms with Crippen LogP contribution in [0.2, 0.25) is 0 Å². The fourth-order valence-corrected chi connectivity index (χ4v) is 6.60. The van der Waals surface area contributed by atoms with Crippen molar-refractivity contribution in [3.05, 3.63) is 15.8 Å². The first-order valence-electron chi connectivity index (χ1n) is 6.82. The van der Waals surface area contributed by atoms with Gasteiger partial charge in [0.1, 0.15) is 4.88 Å². The zero-order valence-electron chi connectivity index (χ0n) is 12.0. The van der Waals surface area contributed by atoms with Crippen LogP contribution in [0, 0.1) is 6.92 Å². The van der Waals surface area contributed by atoms with Gasteiger partial charge >= 0.3 is 5.97 Å². The van der Waals surface area contributed by atoms with Gasteiger partial charge in [-0.15, -0.1) is 11.3 Å². The fourth-order valence-electron chi connectivity index (χ4n) is 2.57. The van der Waals surface area contributed by atoms with Gasteiger partial charge in [-0.2, -0.15) is 11.8 Å². The van der Waals surface area contributed by atoms with Crippen LogP contribution < -0.4 is 4.72 Å². The zero-order chi connectivity index (χ0) is 15.6. The van der Waals surface area contributed by atoms with E-state index >= 15 is 0 Å². The first kappa shape index (κ1) is 16.8. The summed E-state index contributed by atoms with van der Waals surface area (Å²) in [5, 5.41) is 9.28. The van der Waals surface area contributed by atoms with Gasteiger partial charge in [-0.05, 0) is 31.6 Å².